The molecule has 1 saturated heterocycles. The van der Waals surface area contributed by atoms with Gasteiger partial charge in [-0.25, -0.2) is 4.79 Å². The fourth-order valence-electron chi connectivity index (χ4n) is 1.96. The quantitative estimate of drug-likeness (QED) is 0.844. The van der Waals surface area contributed by atoms with E-state index in [2.05, 4.69) is 5.32 Å². The monoisotopic (exact) mass is 263 g/mol. The topological polar surface area (TPSA) is 64.6 Å². The van der Waals surface area contributed by atoms with Crippen LogP contribution in [0.25, 0.3) is 0 Å². The molecule has 1 aliphatic heterocycles. The molecule has 1 aromatic carbocycles. The van der Waals surface area contributed by atoms with Gasteiger partial charge in [0.2, 0.25) is 5.91 Å². The molecule has 0 saturated carbocycles. The highest BCUT2D eigenvalue weighted by Crippen LogP contribution is 2.24. The maximum absolute atomic E-state index is 11.9. The van der Waals surface area contributed by atoms with Gasteiger partial charge in [0.05, 0.1) is 13.0 Å². The molecule has 0 spiro atoms. The van der Waals surface area contributed by atoms with Gasteiger partial charge < -0.3 is 14.8 Å². The van der Waals surface area contributed by atoms with Crippen LogP contribution in [0.2, 0.25) is 0 Å². The van der Waals surface area contributed by atoms with E-state index in [1.54, 1.807) is 6.92 Å². The Morgan fingerprint density at radius 1 is 1.37 bits per heavy atom. The van der Waals surface area contributed by atoms with Crippen molar-refractivity contribution in [2.24, 2.45) is 0 Å². The third kappa shape index (κ3) is 3.98. The van der Waals surface area contributed by atoms with Crippen LogP contribution in [0, 0.1) is 0 Å². The van der Waals surface area contributed by atoms with E-state index >= 15 is 0 Å². The minimum absolute atomic E-state index is 0.138. The van der Waals surface area contributed by atoms with Crippen molar-refractivity contribution in [3.63, 3.8) is 0 Å². The third-order valence-corrected chi connectivity index (χ3v) is 3.05. The van der Waals surface area contributed by atoms with Gasteiger partial charge in [-0.2, -0.15) is 0 Å². The molecule has 1 N–H and O–H groups in total. The Morgan fingerprint density at radius 2 is 2.11 bits per heavy atom. The Morgan fingerprint density at radius 3 is 2.79 bits per heavy atom. The van der Waals surface area contributed by atoms with Crippen LogP contribution in [0.1, 0.15) is 25.3 Å². The zero-order valence-corrected chi connectivity index (χ0v) is 10.8. The van der Waals surface area contributed by atoms with E-state index < -0.39 is 11.8 Å². The van der Waals surface area contributed by atoms with Gasteiger partial charge in [-0.05, 0) is 12.5 Å². The predicted octanol–water partition coefficient (Wildman–Crippen LogP) is 2.01. The minimum atomic E-state index is -0.768. The van der Waals surface area contributed by atoms with Gasteiger partial charge in [0, 0.05) is 13.0 Å². The summed E-state index contributed by atoms with van der Waals surface area (Å²) in [6, 6.07) is 9.65. The summed E-state index contributed by atoms with van der Waals surface area (Å²) in [7, 11) is 0. The molecule has 1 heterocycles. The lowest BCUT2D eigenvalue weighted by Gasteiger charge is -2.32. The normalized spacial score (nSPS) is 22.3. The van der Waals surface area contributed by atoms with Crippen molar-refractivity contribution < 1.29 is 19.1 Å². The van der Waals surface area contributed by atoms with Crippen LogP contribution in [0.4, 0.5) is 4.79 Å². The summed E-state index contributed by atoms with van der Waals surface area (Å²) >= 11 is 0. The highest BCUT2D eigenvalue weighted by atomic mass is 16.7. The highest BCUT2D eigenvalue weighted by Gasteiger charge is 2.36. The third-order valence-electron chi connectivity index (χ3n) is 3.05. The molecule has 102 valence electrons. The van der Waals surface area contributed by atoms with Crippen LogP contribution in [0.5, 0.6) is 0 Å². The van der Waals surface area contributed by atoms with E-state index in [-0.39, 0.29) is 12.3 Å². The predicted molar refractivity (Wildman–Crippen MR) is 68.4 cm³/mol. The molecule has 0 aromatic heterocycles. The molecule has 1 aliphatic rings. The van der Waals surface area contributed by atoms with Crippen LogP contribution >= 0.6 is 0 Å². The largest absolute Gasteiger partial charge is 0.508 e. The summed E-state index contributed by atoms with van der Waals surface area (Å²) in [5.74, 6) is -0.138. The van der Waals surface area contributed by atoms with Crippen molar-refractivity contribution in [1.82, 2.24) is 5.32 Å². The Bertz CT molecular complexity index is 460. The van der Waals surface area contributed by atoms with Crippen molar-refractivity contribution in [1.29, 1.82) is 0 Å². The summed E-state index contributed by atoms with van der Waals surface area (Å²) in [5, 5.41) is 2.82. The first-order chi connectivity index (χ1) is 9.07. The van der Waals surface area contributed by atoms with Crippen LogP contribution in [-0.4, -0.2) is 24.3 Å². The first kappa shape index (κ1) is 13.4. The second-order valence-electron chi connectivity index (χ2n) is 4.84. The molecule has 1 amide bonds. The number of carbonyl (C=O) groups is 2. The van der Waals surface area contributed by atoms with Crippen LogP contribution in [-0.2, 0) is 20.8 Å². The minimum Gasteiger partial charge on any atom is -0.434 e. The lowest BCUT2D eigenvalue weighted by molar-refractivity contribution is -0.130. The van der Waals surface area contributed by atoms with E-state index in [0.29, 0.717) is 19.6 Å². The summed E-state index contributed by atoms with van der Waals surface area (Å²) < 4.78 is 9.77. The van der Waals surface area contributed by atoms with Crippen LogP contribution < -0.4 is 5.32 Å². The zero-order valence-electron chi connectivity index (χ0n) is 10.8. The molecular weight excluding hydrogens is 246 g/mol. The average Bonchev–Trinajstić information content (AvgIpc) is 2.37. The van der Waals surface area contributed by atoms with E-state index in [1.807, 2.05) is 30.3 Å². The second kappa shape index (κ2) is 5.73. The molecular formula is C14H17NO4. The van der Waals surface area contributed by atoms with Gasteiger partial charge >= 0.3 is 6.16 Å². The van der Waals surface area contributed by atoms with Crippen molar-refractivity contribution in [3.05, 3.63) is 35.9 Å². The molecule has 1 fully saturated rings. The maximum Gasteiger partial charge on any atom is 0.508 e. The number of nitrogens with one attached hydrogen (secondary N) is 1. The number of amides is 1. The molecule has 1 atom stereocenters. The van der Waals surface area contributed by atoms with E-state index in [9.17, 15) is 9.59 Å². The molecule has 1 unspecified atom stereocenters. The molecule has 0 bridgehead atoms. The molecule has 5 heteroatoms. The Balaban J connectivity index is 1.82. The smallest absolute Gasteiger partial charge is 0.434 e. The van der Waals surface area contributed by atoms with E-state index in [1.165, 1.54) is 0 Å². The number of carbonyl (C=O) groups excluding carboxylic acids is 2. The van der Waals surface area contributed by atoms with E-state index in [0.717, 1.165) is 5.56 Å². The lowest BCUT2D eigenvalue weighted by atomic mass is 9.97. The number of benzene rings is 1. The molecule has 0 radical (unpaired) electrons. The zero-order chi connectivity index (χ0) is 13.7. The van der Waals surface area contributed by atoms with Crippen LogP contribution in [0.15, 0.2) is 30.3 Å². The molecule has 1 aromatic rings. The summed E-state index contributed by atoms with van der Waals surface area (Å²) in [6.07, 6.45) is -0.0310. The average molecular weight is 263 g/mol. The van der Waals surface area contributed by atoms with Gasteiger partial charge in [0.25, 0.3) is 0 Å². The van der Waals surface area contributed by atoms with Crippen molar-refractivity contribution in [2.75, 3.05) is 6.61 Å². The second-order valence-corrected chi connectivity index (χ2v) is 4.84. The number of cyclic esters (lactones) is 2. The number of ether oxygens (including phenoxy) is 2. The number of hydrogen-bond donors (Lipinski definition) is 1. The van der Waals surface area contributed by atoms with Crippen molar-refractivity contribution >= 4 is 12.1 Å². The first-order valence-corrected chi connectivity index (χ1v) is 6.24. The van der Waals surface area contributed by atoms with Gasteiger partial charge in [-0.1, -0.05) is 30.3 Å². The van der Waals surface area contributed by atoms with Gasteiger partial charge in [-0.3, -0.25) is 4.79 Å². The Hall–Kier alpha value is -2.04. The summed E-state index contributed by atoms with van der Waals surface area (Å²) in [5.41, 5.74) is 0.265. The SMILES string of the molecule is CC1(CC(=O)NCc2ccccc2)CCOC(=O)O1. The highest BCUT2D eigenvalue weighted by molar-refractivity contribution is 5.77. The number of hydrogen-bond acceptors (Lipinski definition) is 4. The fourth-order valence-corrected chi connectivity index (χ4v) is 1.96. The first-order valence-electron chi connectivity index (χ1n) is 6.24. The van der Waals surface area contributed by atoms with Gasteiger partial charge in [-0.15, -0.1) is 0 Å². The van der Waals surface area contributed by atoms with E-state index in [4.69, 9.17) is 9.47 Å². The summed E-state index contributed by atoms with van der Waals surface area (Å²) in [4.78, 5) is 22.9. The standard InChI is InChI=1S/C14H17NO4/c1-14(7-8-18-13(17)19-14)9-12(16)15-10-11-5-3-2-4-6-11/h2-6H,7-10H2,1H3,(H,15,16). The summed E-state index contributed by atoms with van der Waals surface area (Å²) in [6.45, 7) is 2.51. The maximum atomic E-state index is 11.9. The fraction of sp³-hybridized carbons (Fsp3) is 0.429. The van der Waals surface area contributed by atoms with Gasteiger partial charge in [0.15, 0.2) is 0 Å². The number of rotatable bonds is 4. The van der Waals surface area contributed by atoms with Gasteiger partial charge in [0.1, 0.15) is 5.60 Å². The molecule has 0 aliphatic carbocycles. The van der Waals surface area contributed by atoms with Crippen LogP contribution in [0.3, 0.4) is 0 Å². The Kier molecular flexibility index (Phi) is 4.04. The molecule has 5 nitrogen and oxygen atoms in total. The Labute approximate surface area is 111 Å². The lowest BCUT2D eigenvalue weighted by Crippen LogP contribution is -2.42. The van der Waals surface area contributed by atoms with Crippen molar-refractivity contribution in [3.8, 4) is 0 Å². The molecule has 19 heavy (non-hydrogen) atoms. The van der Waals surface area contributed by atoms with Crippen molar-refractivity contribution in [2.45, 2.75) is 31.9 Å². The molecule has 2 rings (SSSR count).